The lowest BCUT2D eigenvalue weighted by Gasteiger charge is -2.23. The van der Waals surface area contributed by atoms with Crippen molar-refractivity contribution in [2.45, 2.75) is 193 Å². The van der Waals surface area contributed by atoms with Crippen molar-refractivity contribution in [2.75, 3.05) is 19.8 Å². The molecule has 0 saturated carbocycles. The van der Waals surface area contributed by atoms with Crippen molar-refractivity contribution in [1.29, 1.82) is 0 Å². The standard InChI is InChI=1S/C36H70NO5P/c1-3-5-7-9-11-13-15-17-19-21-23-25-27-29-35(38)34(33-42-43-40-31-32-41-43)37-36(39)30-28-26-24-22-20-18-16-14-12-10-8-6-4-2/h27,29,34-35,38H,3-26,28,30-33H2,1-2H3,(H,37,39)/t34-,35?/m0/s1. The minimum absolute atomic E-state index is 0.0180. The molecule has 1 aliphatic heterocycles. The Morgan fingerprint density at radius 1 is 0.698 bits per heavy atom. The predicted octanol–water partition coefficient (Wildman–Crippen LogP) is 10.9. The smallest absolute Gasteiger partial charge is 0.332 e. The monoisotopic (exact) mass is 627 g/mol. The Balaban J connectivity index is 2.16. The van der Waals surface area contributed by atoms with E-state index in [1.54, 1.807) is 0 Å². The Bertz CT molecular complexity index is 629. The molecule has 6 nitrogen and oxygen atoms in total. The van der Waals surface area contributed by atoms with Gasteiger partial charge in [-0.1, -0.05) is 167 Å². The summed E-state index contributed by atoms with van der Waals surface area (Å²) in [5.74, 6) is -0.0180. The predicted molar refractivity (Wildman–Crippen MR) is 183 cm³/mol. The van der Waals surface area contributed by atoms with E-state index < -0.39 is 20.7 Å². The number of allylic oxidation sites excluding steroid dienone is 1. The molecule has 43 heavy (non-hydrogen) atoms. The topological polar surface area (TPSA) is 77.0 Å². The molecule has 0 bridgehead atoms. The van der Waals surface area contributed by atoms with Gasteiger partial charge in [0, 0.05) is 6.42 Å². The van der Waals surface area contributed by atoms with Crippen LogP contribution in [0.2, 0.25) is 0 Å². The van der Waals surface area contributed by atoms with E-state index in [0.717, 1.165) is 25.7 Å². The maximum absolute atomic E-state index is 12.7. The molecule has 1 heterocycles. The number of aliphatic hydroxyl groups is 1. The highest BCUT2D eigenvalue weighted by Crippen LogP contribution is 2.43. The van der Waals surface area contributed by atoms with E-state index in [9.17, 15) is 9.90 Å². The summed E-state index contributed by atoms with van der Waals surface area (Å²) in [7, 11) is -1.37. The molecule has 1 saturated heterocycles. The Morgan fingerprint density at radius 2 is 1.12 bits per heavy atom. The molecule has 1 fully saturated rings. The molecule has 254 valence electrons. The third-order valence-corrected chi connectivity index (χ3v) is 9.56. The van der Waals surface area contributed by atoms with Crippen LogP contribution in [0.15, 0.2) is 12.2 Å². The van der Waals surface area contributed by atoms with Crippen LogP contribution < -0.4 is 5.32 Å². The summed E-state index contributed by atoms with van der Waals surface area (Å²) in [6.45, 7) is 5.78. The molecule has 2 atom stereocenters. The molecule has 1 unspecified atom stereocenters. The van der Waals surface area contributed by atoms with Crippen LogP contribution >= 0.6 is 8.60 Å². The molecule has 0 aliphatic carbocycles. The fourth-order valence-corrected chi connectivity index (χ4v) is 6.53. The van der Waals surface area contributed by atoms with Crippen molar-refractivity contribution in [3.63, 3.8) is 0 Å². The van der Waals surface area contributed by atoms with Gasteiger partial charge in [-0.25, -0.2) is 0 Å². The molecule has 0 aromatic rings. The van der Waals surface area contributed by atoms with Crippen LogP contribution in [0.5, 0.6) is 0 Å². The number of carbonyl (C=O) groups excluding carboxylic acids is 1. The Morgan fingerprint density at radius 3 is 1.58 bits per heavy atom. The summed E-state index contributed by atoms with van der Waals surface area (Å²) in [6.07, 6.45) is 35.9. The van der Waals surface area contributed by atoms with Crippen molar-refractivity contribution in [3.8, 4) is 0 Å². The minimum atomic E-state index is -1.37. The van der Waals surface area contributed by atoms with Gasteiger partial charge in [-0.3, -0.25) is 4.79 Å². The van der Waals surface area contributed by atoms with Crippen molar-refractivity contribution in [1.82, 2.24) is 5.32 Å². The van der Waals surface area contributed by atoms with Gasteiger partial charge in [0.15, 0.2) is 0 Å². The first-order valence-electron chi connectivity index (χ1n) is 18.5. The van der Waals surface area contributed by atoms with Crippen LogP contribution in [0.3, 0.4) is 0 Å². The second kappa shape index (κ2) is 31.5. The number of carbonyl (C=O) groups is 1. The van der Waals surface area contributed by atoms with Crippen LogP contribution in [0.4, 0.5) is 0 Å². The summed E-state index contributed by atoms with van der Waals surface area (Å²) in [5.41, 5.74) is 0. The molecule has 7 heteroatoms. The summed E-state index contributed by atoms with van der Waals surface area (Å²) in [5, 5.41) is 13.9. The number of hydrogen-bond donors (Lipinski definition) is 2. The molecule has 2 N–H and O–H groups in total. The molecular formula is C36H70NO5P. The van der Waals surface area contributed by atoms with E-state index >= 15 is 0 Å². The molecule has 0 aromatic heterocycles. The largest absolute Gasteiger partial charge is 0.387 e. The third-order valence-electron chi connectivity index (χ3n) is 8.41. The number of amides is 1. The Kier molecular flexibility index (Phi) is 29.6. The van der Waals surface area contributed by atoms with E-state index in [1.165, 1.54) is 135 Å². The lowest BCUT2D eigenvalue weighted by Crippen LogP contribution is -2.45. The zero-order chi connectivity index (χ0) is 31.1. The first-order valence-corrected chi connectivity index (χ1v) is 19.6. The van der Waals surface area contributed by atoms with Crippen molar-refractivity contribution < 1.29 is 23.5 Å². The number of hydrogen-bond acceptors (Lipinski definition) is 5. The quantitative estimate of drug-likeness (QED) is 0.0441. The highest BCUT2D eigenvalue weighted by atomic mass is 31.2. The summed E-state index contributed by atoms with van der Waals surface area (Å²) >= 11 is 0. The Hall–Kier alpha value is -0.520. The van der Waals surface area contributed by atoms with Crippen LogP contribution in [0.25, 0.3) is 0 Å². The fraction of sp³-hybridized carbons (Fsp3) is 0.917. The van der Waals surface area contributed by atoms with E-state index in [2.05, 4.69) is 25.2 Å². The van der Waals surface area contributed by atoms with Crippen LogP contribution in [-0.2, 0) is 18.4 Å². The highest BCUT2D eigenvalue weighted by Gasteiger charge is 2.25. The fourth-order valence-electron chi connectivity index (χ4n) is 5.58. The van der Waals surface area contributed by atoms with Gasteiger partial charge in [-0.2, -0.15) is 0 Å². The SMILES string of the molecule is CCCCCCCCCCCCCC=CC(O)[C@H](COP1OCCO1)NC(=O)CCCCCCCCCCCCCCC. The minimum Gasteiger partial charge on any atom is -0.387 e. The average molecular weight is 628 g/mol. The van der Waals surface area contributed by atoms with Gasteiger partial charge in [0.2, 0.25) is 5.91 Å². The second-order valence-corrected chi connectivity index (χ2v) is 13.8. The lowest BCUT2D eigenvalue weighted by atomic mass is 10.0. The van der Waals surface area contributed by atoms with E-state index in [-0.39, 0.29) is 12.5 Å². The van der Waals surface area contributed by atoms with Crippen LogP contribution in [0.1, 0.15) is 181 Å². The zero-order valence-corrected chi connectivity index (χ0v) is 29.2. The van der Waals surface area contributed by atoms with E-state index in [4.69, 9.17) is 13.6 Å². The highest BCUT2D eigenvalue weighted by molar-refractivity contribution is 7.41. The third kappa shape index (κ3) is 26.4. The zero-order valence-electron chi connectivity index (χ0n) is 28.3. The maximum atomic E-state index is 12.7. The molecule has 0 radical (unpaired) electrons. The summed E-state index contributed by atoms with van der Waals surface area (Å²) < 4.78 is 16.6. The Labute approximate surface area is 267 Å². The van der Waals surface area contributed by atoms with Gasteiger partial charge >= 0.3 is 8.60 Å². The summed E-state index contributed by atoms with van der Waals surface area (Å²) in [6, 6.07) is -0.502. The number of rotatable bonds is 32. The molecule has 0 spiro atoms. The molecule has 0 aromatic carbocycles. The van der Waals surface area contributed by atoms with Gasteiger partial charge in [-0.05, 0) is 19.3 Å². The molecule has 1 rings (SSSR count). The molecular weight excluding hydrogens is 557 g/mol. The maximum Gasteiger partial charge on any atom is 0.332 e. The van der Waals surface area contributed by atoms with Gasteiger partial charge < -0.3 is 24.0 Å². The van der Waals surface area contributed by atoms with E-state index in [1.807, 2.05) is 6.08 Å². The van der Waals surface area contributed by atoms with Crippen molar-refractivity contribution in [2.24, 2.45) is 0 Å². The van der Waals surface area contributed by atoms with Crippen molar-refractivity contribution >= 4 is 14.5 Å². The lowest BCUT2D eigenvalue weighted by molar-refractivity contribution is -0.122. The van der Waals surface area contributed by atoms with Crippen LogP contribution in [-0.4, -0.2) is 43.0 Å². The number of unbranched alkanes of at least 4 members (excludes halogenated alkanes) is 23. The van der Waals surface area contributed by atoms with Gasteiger partial charge in [0.1, 0.15) is 0 Å². The van der Waals surface area contributed by atoms with Gasteiger partial charge in [0.25, 0.3) is 0 Å². The normalized spacial score (nSPS) is 15.4. The number of nitrogens with one attached hydrogen (secondary N) is 1. The van der Waals surface area contributed by atoms with Gasteiger partial charge in [-0.15, -0.1) is 0 Å². The first kappa shape index (κ1) is 40.5. The average Bonchev–Trinajstić information content (AvgIpc) is 3.53. The van der Waals surface area contributed by atoms with Crippen LogP contribution in [0, 0.1) is 0 Å². The van der Waals surface area contributed by atoms with Gasteiger partial charge in [0.05, 0.1) is 32.0 Å². The van der Waals surface area contributed by atoms with E-state index in [0.29, 0.717) is 19.6 Å². The first-order chi connectivity index (χ1) is 21.2. The van der Waals surface area contributed by atoms with Crippen molar-refractivity contribution in [3.05, 3.63) is 12.2 Å². The summed E-state index contributed by atoms with van der Waals surface area (Å²) in [4.78, 5) is 12.7. The molecule has 1 aliphatic rings. The second-order valence-electron chi connectivity index (χ2n) is 12.6. The number of aliphatic hydroxyl groups excluding tert-OH is 1. The molecule has 1 amide bonds.